The van der Waals surface area contributed by atoms with Crippen molar-refractivity contribution in [1.29, 1.82) is 0 Å². The van der Waals surface area contributed by atoms with Crippen molar-refractivity contribution in [2.75, 3.05) is 5.32 Å². The number of nitrogens with one attached hydrogen (secondary N) is 1. The van der Waals surface area contributed by atoms with Gasteiger partial charge in [-0.05, 0) is 38.5 Å². The second-order valence-corrected chi connectivity index (χ2v) is 5.10. The monoisotopic (exact) mass is 240 g/mol. The molecule has 0 bridgehead atoms. The molecule has 0 unspecified atom stereocenters. The molecule has 0 heterocycles. The van der Waals surface area contributed by atoms with Crippen molar-refractivity contribution in [3.8, 4) is 0 Å². The molecular weight excluding hydrogens is 224 g/mol. The highest BCUT2D eigenvalue weighted by molar-refractivity contribution is 6.33. The first-order valence-electron chi connectivity index (χ1n) is 5.13. The first-order chi connectivity index (χ1) is 7.28. The van der Waals surface area contributed by atoms with E-state index in [1.54, 1.807) is 6.07 Å². The summed E-state index contributed by atoms with van der Waals surface area (Å²) in [5.41, 5.74) is 6.93. The van der Waals surface area contributed by atoms with Crippen LogP contribution in [0.5, 0.6) is 0 Å². The zero-order chi connectivity index (χ0) is 12.3. The van der Waals surface area contributed by atoms with Gasteiger partial charge in [-0.2, -0.15) is 0 Å². The summed E-state index contributed by atoms with van der Waals surface area (Å²) >= 11 is 6.00. The number of hydrogen-bond acceptors (Lipinski definition) is 2. The molecule has 0 saturated heterocycles. The van der Waals surface area contributed by atoms with Crippen LogP contribution in [0, 0.1) is 6.92 Å². The van der Waals surface area contributed by atoms with Crippen LogP contribution in [0.15, 0.2) is 18.2 Å². The molecule has 88 valence electrons. The minimum atomic E-state index is -0.513. The Hall–Kier alpha value is -1.06. The average molecular weight is 241 g/mol. The fourth-order valence-electron chi connectivity index (χ4n) is 1.33. The van der Waals surface area contributed by atoms with Crippen molar-refractivity contribution >= 4 is 23.2 Å². The molecule has 4 heteroatoms. The van der Waals surface area contributed by atoms with Gasteiger partial charge >= 0.3 is 0 Å². The maximum absolute atomic E-state index is 11.6. The summed E-state index contributed by atoms with van der Waals surface area (Å²) < 4.78 is 0. The van der Waals surface area contributed by atoms with Gasteiger partial charge in [0.05, 0.1) is 10.7 Å². The highest BCUT2D eigenvalue weighted by Gasteiger charge is 2.16. The Labute approximate surface area is 101 Å². The number of aryl methyl sites for hydroxylation is 1. The van der Waals surface area contributed by atoms with E-state index in [1.165, 1.54) is 0 Å². The summed E-state index contributed by atoms with van der Waals surface area (Å²) in [6.07, 6.45) is 0.261. The summed E-state index contributed by atoms with van der Waals surface area (Å²) in [5, 5.41) is 3.29. The smallest absolute Gasteiger partial charge is 0.226 e. The summed E-state index contributed by atoms with van der Waals surface area (Å²) in [5.74, 6) is -0.127. The molecule has 0 aliphatic carbocycles. The first-order valence-corrected chi connectivity index (χ1v) is 5.50. The van der Waals surface area contributed by atoms with Crippen LogP contribution in [0.2, 0.25) is 5.02 Å². The zero-order valence-corrected chi connectivity index (χ0v) is 10.6. The van der Waals surface area contributed by atoms with Crippen LogP contribution in [0.4, 0.5) is 5.69 Å². The molecule has 0 aliphatic heterocycles. The van der Waals surface area contributed by atoms with Crippen molar-refractivity contribution in [3.63, 3.8) is 0 Å². The largest absolute Gasteiger partial charge is 0.325 e. The number of hydrogen-bond donors (Lipinski definition) is 2. The Morgan fingerprint density at radius 3 is 2.62 bits per heavy atom. The first kappa shape index (κ1) is 13.0. The molecule has 0 radical (unpaired) electrons. The number of halogens is 1. The van der Waals surface area contributed by atoms with E-state index in [0.717, 1.165) is 5.56 Å². The van der Waals surface area contributed by atoms with Gasteiger partial charge in [0.15, 0.2) is 0 Å². The van der Waals surface area contributed by atoms with E-state index >= 15 is 0 Å². The van der Waals surface area contributed by atoms with E-state index in [0.29, 0.717) is 10.7 Å². The molecule has 1 aromatic carbocycles. The number of amides is 1. The van der Waals surface area contributed by atoms with Gasteiger partial charge in [0.1, 0.15) is 0 Å². The summed E-state index contributed by atoms with van der Waals surface area (Å²) in [6, 6.07) is 5.50. The summed E-state index contributed by atoms with van der Waals surface area (Å²) in [4.78, 5) is 11.6. The van der Waals surface area contributed by atoms with Crippen LogP contribution in [-0.2, 0) is 4.79 Å². The molecule has 3 N–H and O–H groups in total. The Bertz CT molecular complexity index is 396. The molecule has 0 aliphatic rings. The third kappa shape index (κ3) is 4.21. The van der Waals surface area contributed by atoms with Crippen LogP contribution in [0.25, 0.3) is 0 Å². The third-order valence-electron chi connectivity index (χ3n) is 2.01. The number of carbonyl (C=O) groups excluding carboxylic acids is 1. The summed E-state index contributed by atoms with van der Waals surface area (Å²) in [6.45, 7) is 5.56. The predicted octanol–water partition coefficient (Wildman–Crippen LogP) is 2.71. The topological polar surface area (TPSA) is 55.1 Å². The van der Waals surface area contributed by atoms with E-state index < -0.39 is 5.54 Å². The van der Waals surface area contributed by atoms with Gasteiger partial charge in [-0.3, -0.25) is 4.79 Å². The van der Waals surface area contributed by atoms with Gasteiger partial charge in [0.25, 0.3) is 0 Å². The lowest BCUT2D eigenvalue weighted by molar-refractivity contribution is -0.117. The normalized spacial score (nSPS) is 11.3. The number of anilines is 1. The number of nitrogens with two attached hydrogens (primary N) is 1. The molecule has 0 spiro atoms. The number of carbonyl (C=O) groups is 1. The van der Waals surface area contributed by atoms with Crippen LogP contribution < -0.4 is 11.1 Å². The molecular formula is C12H17ClN2O. The number of rotatable bonds is 3. The van der Waals surface area contributed by atoms with E-state index in [1.807, 2.05) is 32.9 Å². The minimum Gasteiger partial charge on any atom is -0.325 e. The summed E-state index contributed by atoms with van der Waals surface area (Å²) in [7, 11) is 0. The lowest BCUT2D eigenvalue weighted by Gasteiger charge is -2.17. The fourth-order valence-corrected chi connectivity index (χ4v) is 1.61. The standard InChI is InChI=1S/C12H17ClN2O/c1-8-4-5-10(9(13)6-8)15-11(16)7-12(2,3)14/h4-6H,7,14H2,1-3H3,(H,15,16). The van der Waals surface area contributed by atoms with E-state index in [9.17, 15) is 4.79 Å². The zero-order valence-electron chi connectivity index (χ0n) is 9.80. The van der Waals surface area contributed by atoms with Gasteiger partial charge < -0.3 is 11.1 Å². The van der Waals surface area contributed by atoms with E-state index in [2.05, 4.69) is 5.32 Å². The molecule has 0 atom stereocenters. The average Bonchev–Trinajstić information content (AvgIpc) is 2.06. The van der Waals surface area contributed by atoms with Gasteiger partial charge in [0.2, 0.25) is 5.91 Å². The van der Waals surface area contributed by atoms with E-state index in [-0.39, 0.29) is 12.3 Å². The fraction of sp³-hybridized carbons (Fsp3) is 0.417. The molecule has 0 fully saturated rings. The Morgan fingerprint density at radius 2 is 2.12 bits per heavy atom. The van der Waals surface area contributed by atoms with Gasteiger partial charge in [-0.25, -0.2) is 0 Å². The van der Waals surface area contributed by atoms with Crippen molar-refractivity contribution in [1.82, 2.24) is 0 Å². The van der Waals surface area contributed by atoms with Crippen LogP contribution >= 0.6 is 11.6 Å². The molecule has 1 aromatic rings. The van der Waals surface area contributed by atoms with Crippen molar-refractivity contribution in [2.45, 2.75) is 32.7 Å². The molecule has 1 amide bonds. The predicted molar refractivity (Wildman–Crippen MR) is 67.7 cm³/mol. The van der Waals surface area contributed by atoms with Crippen LogP contribution in [0.1, 0.15) is 25.8 Å². The van der Waals surface area contributed by atoms with E-state index in [4.69, 9.17) is 17.3 Å². The second-order valence-electron chi connectivity index (χ2n) is 4.70. The third-order valence-corrected chi connectivity index (χ3v) is 2.33. The van der Waals surface area contributed by atoms with Crippen molar-refractivity contribution < 1.29 is 4.79 Å². The van der Waals surface area contributed by atoms with Crippen LogP contribution in [0.3, 0.4) is 0 Å². The maximum atomic E-state index is 11.6. The molecule has 3 nitrogen and oxygen atoms in total. The number of benzene rings is 1. The minimum absolute atomic E-state index is 0.127. The quantitative estimate of drug-likeness (QED) is 0.854. The maximum Gasteiger partial charge on any atom is 0.226 e. The van der Waals surface area contributed by atoms with Crippen LogP contribution in [-0.4, -0.2) is 11.4 Å². The van der Waals surface area contributed by atoms with Gasteiger partial charge in [0, 0.05) is 12.0 Å². The lowest BCUT2D eigenvalue weighted by atomic mass is 10.0. The lowest BCUT2D eigenvalue weighted by Crippen LogP contribution is -2.36. The molecule has 0 aromatic heterocycles. The van der Waals surface area contributed by atoms with Gasteiger partial charge in [-0.15, -0.1) is 0 Å². The molecule has 0 saturated carbocycles. The highest BCUT2D eigenvalue weighted by atomic mass is 35.5. The Balaban J connectivity index is 2.70. The SMILES string of the molecule is Cc1ccc(NC(=O)CC(C)(C)N)c(Cl)c1. The van der Waals surface area contributed by atoms with Gasteiger partial charge in [-0.1, -0.05) is 17.7 Å². The second kappa shape index (κ2) is 4.85. The van der Waals surface area contributed by atoms with Crippen molar-refractivity contribution in [3.05, 3.63) is 28.8 Å². The molecule has 1 rings (SSSR count). The Morgan fingerprint density at radius 1 is 1.50 bits per heavy atom. The Kier molecular flexibility index (Phi) is 3.94. The molecule has 16 heavy (non-hydrogen) atoms. The van der Waals surface area contributed by atoms with Crippen molar-refractivity contribution in [2.24, 2.45) is 5.73 Å². The highest BCUT2D eigenvalue weighted by Crippen LogP contribution is 2.23.